The van der Waals surface area contributed by atoms with Crippen LogP contribution < -0.4 is 10.5 Å². The summed E-state index contributed by atoms with van der Waals surface area (Å²) >= 11 is 0. The Hall–Kier alpha value is -3.10. The third-order valence-electron chi connectivity index (χ3n) is 4.80. The summed E-state index contributed by atoms with van der Waals surface area (Å²) in [4.78, 5) is 14.6. The Morgan fingerprint density at radius 1 is 1.08 bits per heavy atom. The van der Waals surface area contributed by atoms with E-state index < -0.39 is 5.63 Å². The number of fused-ring (bicyclic) bond motifs is 1. The molecule has 0 unspecified atom stereocenters. The predicted molar refractivity (Wildman–Crippen MR) is 100 cm³/mol. The van der Waals surface area contributed by atoms with Gasteiger partial charge in [0.15, 0.2) is 5.56 Å². The lowest BCUT2D eigenvalue weighted by atomic mass is 9.98. The van der Waals surface area contributed by atoms with Gasteiger partial charge in [-0.05, 0) is 17.7 Å². The van der Waals surface area contributed by atoms with E-state index in [1.165, 1.54) is 0 Å². The molecule has 130 valence electrons. The summed E-state index contributed by atoms with van der Waals surface area (Å²) in [5.41, 5.74) is 1.79. The van der Waals surface area contributed by atoms with Crippen molar-refractivity contribution in [3.8, 4) is 17.4 Å². The first-order valence-electron chi connectivity index (χ1n) is 8.59. The van der Waals surface area contributed by atoms with Gasteiger partial charge in [-0.25, -0.2) is 4.79 Å². The maximum atomic E-state index is 12.5. The van der Waals surface area contributed by atoms with Crippen LogP contribution in [0.25, 0.3) is 22.1 Å². The minimum Gasteiger partial charge on any atom is -0.421 e. The average Bonchev–Trinajstić information content (AvgIpc) is 2.69. The van der Waals surface area contributed by atoms with E-state index in [9.17, 15) is 10.1 Å². The molecule has 26 heavy (non-hydrogen) atoms. The molecule has 2 heterocycles. The smallest absolute Gasteiger partial charge is 0.356 e. The lowest BCUT2D eigenvalue weighted by Crippen LogP contribution is -2.38. The fraction of sp³-hybridized carbons (Fsp3) is 0.238. The van der Waals surface area contributed by atoms with Gasteiger partial charge in [-0.1, -0.05) is 42.5 Å². The van der Waals surface area contributed by atoms with Gasteiger partial charge < -0.3 is 14.1 Å². The van der Waals surface area contributed by atoms with Crippen LogP contribution in [0.1, 0.15) is 11.1 Å². The van der Waals surface area contributed by atoms with Gasteiger partial charge in [0.1, 0.15) is 11.8 Å². The maximum Gasteiger partial charge on any atom is 0.356 e. The number of nitriles is 1. The quantitative estimate of drug-likeness (QED) is 0.711. The highest BCUT2D eigenvalue weighted by atomic mass is 16.5. The van der Waals surface area contributed by atoms with E-state index in [-0.39, 0.29) is 5.56 Å². The van der Waals surface area contributed by atoms with Crippen LogP contribution in [0.2, 0.25) is 0 Å². The second-order valence-electron chi connectivity index (χ2n) is 6.31. The molecule has 5 nitrogen and oxygen atoms in total. The summed E-state index contributed by atoms with van der Waals surface area (Å²) < 4.78 is 11.0. The maximum absolute atomic E-state index is 12.5. The van der Waals surface area contributed by atoms with E-state index in [1.807, 2.05) is 60.4 Å². The van der Waals surface area contributed by atoms with Gasteiger partial charge in [-0.3, -0.25) is 0 Å². The molecule has 1 aliphatic rings. The minimum absolute atomic E-state index is 0.0633. The van der Waals surface area contributed by atoms with Crippen LogP contribution in [0.3, 0.4) is 0 Å². The molecular formula is C21H18N2O3. The van der Waals surface area contributed by atoms with Crippen molar-refractivity contribution < 1.29 is 9.15 Å². The molecule has 0 spiro atoms. The van der Waals surface area contributed by atoms with Crippen LogP contribution in [-0.2, 0) is 4.74 Å². The van der Waals surface area contributed by atoms with E-state index >= 15 is 0 Å². The molecule has 0 atom stereocenters. The van der Waals surface area contributed by atoms with Crippen molar-refractivity contribution in [3.05, 3.63) is 64.0 Å². The van der Waals surface area contributed by atoms with E-state index in [2.05, 4.69) is 0 Å². The normalized spacial score (nSPS) is 14.4. The lowest BCUT2D eigenvalue weighted by molar-refractivity contribution is 0.122. The summed E-state index contributed by atoms with van der Waals surface area (Å²) in [5.74, 6) is 0.521. The van der Waals surface area contributed by atoms with Crippen LogP contribution in [-0.4, -0.2) is 26.3 Å². The Labute approximate surface area is 151 Å². The fourth-order valence-corrected chi connectivity index (χ4v) is 3.57. The molecule has 1 aromatic heterocycles. The summed E-state index contributed by atoms with van der Waals surface area (Å²) in [7, 11) is 0. The molecule has 3 aromatic rings. The third-order valence-corrected chi connectivity index (χ3v) is 4.80. The van der Waals surface area contributed by atoms with Gasteiger partial charge in [0, 0.05) is 24.2 Å². The van der Waals surface area contributed by atoms with Crippen LogP contribution >= 0.6 is 0 Å². The summed E-state index contributed by atoms with van der Waals surface area (Å²) in [6, 6.07) is 15.9. The van der Waals surface area contributed by atoms with Crippen LogP contribution in [0.15, 0.2) is 51.7 Å². The Kier molecular flexibility index (Phi) is 4.19. The first-order valence-corrected chi connectivity index (χ1v) is 8.59. The number of ether oxygens (including phenoxy) is 1. The number of rotatable bonds is 2. The van der Waals surface area contributed by atoms with Gasteiger partial charge in [0.25, 0.3) is 0 Å². The van der Waals surface area contributed by atoms with Crippen LogP contribution in [0.4, 0.5) is 5.69 Å². The largest absolute Gasteiger partial charge is 0.421 e. The zero-order chi connectivity index (χ0) is 18.1. The Balaban J connectivity index is 1.99. The van der Waals surface area contributed by atoms with Gasteiger partial charge >= 0.3 is 5.63 Å². The SMILES string of the molecule is Cc1c(-c2cccc3ccccc23)oc(=O)c(C#N)c1N1CCOCC1. The average molecular weight is 346 g/mol. The highest BCUT2D eigenvalue weighted by molar-refractivity contribution is 5.96. The van der Waals surface area contributed by atoms with E-state index in [0.29, 0.717) is 37.8 Å². The van der Waals surface area contributed by atoms with Gasteiger partial charge in [-0.2, -0.15) is 5.26 Å². The second kappa shape index (κ2) is 6.66. The molecule has 4 rings (SSSR count). The zero-order valence-corrected chi connectivity index (χ0v) is 14.5. The number of anilines is 1. The number of benzene rings is 2. The molecule has 0 amide bonds. The predicted octanol–water partition coefficient (Wildman–Crippen LogP) is 3.48. The standard InChI is InChI=1S/C21H18N2O3/c1-14-19(23-9-11-25-12-10-23)18(13-22)21(24)26-20(14)17-8-4-6-15-5-2-3-7-16(15)17/h2-8H,9-12H2,1H3. The third kappa shape index (κ3) is 2.65. The summed E-state index contributed by atoms with van der Waals surface area (Å²) in [6.45, 7) is 4.36. The zero-order valence-electron chi connectivity index (χ0n) is 14.5. The number of hydrogen-bond acceptors (Lipinski definition) is 5. The first-order chi connectivity index (χ1) is 12.7. The minimum atomic E-state index is -0.595. The second-order valence-corrected chi connectivity index (χ2v) is 6.31. The molecule has 1 aliphatic heterocycles. The fourth-order valence-electron chi connectivity index (χ4n) is 3.57. The molecule has 2 aromatic carbocycles. The van der Waals surface area contributed by atoms with E-state index in [4.69, 9.17) is 9.15 Å². The van der Waals surface area contributed by atoms with Crippen LogP contribution in [0.5, 0.6) is 0 Å². The Bertz CT molecular complexity index is 1070. The summed E-state index contributed by atoms with van der Waals surface area (Å²) in [5, 5.41) is 11.6. The Morgan fingerprint density at radius 3 is 2.58 bits per heavy atom. The van der Waals surface area contributed by atoms with E-state index in [0.717, 1.165) is 21.9 Å². The van der Waals surface area contributed by atoms with Crippen molar-refractivity contribution in [1.29, 1.82) is 5.26 Å². The van der Waals surface area contributed by atoms with Gasteiger partial charge in [0.2, 0.25) is 0 Å². The van der Waals surface area contributed by atoms with Crippen molar-refractivity contribution in [2.75, 3.05) is 31.2 Å². The lowest BCUT2D eigenvalue weighted by Gasteiger charge is -2.30. The van der Waals surface area contributed by atoms with Crippen molar-refractivity contribution >= 4 is 16.5 Å². The number of hydrogen-bond donors (Lipinski definition) is 0. The van der Waals surface area contributed by atoms with Crippen molar-refractivity contribution in [2.45, 2.75) is 6.92 Å². The highest BCUT2D eigenvalue weighted by Crippen LogP contribution is 2.35. The van der Waals surface area contributed by atoms with Crippen molar-refractivity contribution in [1.82, 2.24) is 0 Å². The van der Waals surface area contributed by atoms with Gasteiger partial charge in [-0.15, -0.1) is 0 Å². The molecule has 0 bridgehead atoms. The van der Waals surface area contributed by atoms with E-state index in [1.54, 1.807) is 0 Å². The molecule has 0 radical (unpaired) electrons. The topological polar surface area (TPSA) is 66.5 Å². The molecule has 0 N–H and O–H groups in total. The molecule has 0 saturated carbocycles. The molecule has 1 saturated heterocycles. The number of nitrogens with zero attached hydrogens (tertiary/aromatic N) is 2. The van der Waals surface area contributed by atoms with Gasteiger partial charge in [0.05, 0.1) is 18.9 Å². The van der Waals surface area contributed by atoms with Crippen molar-refractivity contribution in [3.63, 3.8) is 0 Å². The molecule has 0 aliphatic carbocycles. The first kappa shape index (κ1) is 16.4. The number of morpholine rings is 1. The molecule has 1 fully saturated rings. The summed E-state index contributed by atoms with van der Waals surface area (Å²) in [6.07, 6.45) is 0. The Morgan fingerprint density at radius 2 is 1.81 bits per heavy atom. The highest BCUT2D eigenvalue weighted by Gasteiger charge is 2.24. The monoisotopic (exact) mass is 346 g/mol. The van der Waals surface area contributed by atoms with Crippen LogP contribution in [0, 0.1) is 18.3 Å². The van der Waals surface area contributed by atoms with Crippen molar-refractivity contribution in [2.24, 2.45) is 0 Å². The molecule has 5 heteroatoms. The molecular weight excluding hydrogens is 328 g/mol.